The summed E-state index contributed by atoms with van der Waals surface area (Å²) >= 11 is 7.61. The molecule has 1 atom stereocenters. The van der Waals surface area contributed by atoms with Gasteiger partial charge in [0.05, 0.1) is 29.6 Å². The standard InChI is InChI=1S/C27H31ClN4O4S/c1-16(2)13-22(26-29-15-20(37-26)11-12-24(34)35)31-23(33)14-18-7-9-19(10-8-18)30-27(36)32-25-17(3)5-4-6-21(25)28/h4-10,15-16,22H,11-14H2,1-3H3,(H,31,33)(H,34,35)(H2,30,32,36). The van der Waals surface area contributed by atoms with Crippen molar-refractivity contribution in [2.45, 2.75) is 52.5 Å². The molecule has 0 radical (unpaired) electrons. The van der Waals surface area contributed by atoms with Crippen molar-refractivity contribution < 1.29 is 19.5 Å². The highest BCUT2D eigenvalue weighted by Gasteiger charge is 2.20. The Bertz CT molecular complexity index is 1220. The van der Waals surface area contributed by atoms with Crippen LogP contribution in [0.5, 0.6) is 0 Å². The number of aliphatic carboxylic acids is 1. The third-order valence-corrected chi connectivity index (χ3v) is 7.02. The number of thiazole rings is 1. The molecule has 196 valence electrons. The number of aryl methyl sites for hydroxylation is 2. The zero-order valence-corrected chi connectivity index (χ0v) is 22.6. The Balaban J connectivity index is 1.57. The number of hydrogen-bond acceptors (Lipinski definition) is 5. The molecule has 1 aromatic heterocycles. The van der Waals surface area contributed by atoms with Crippen LogP contribution < -0.4 is 16.0 Å². The number of halogens is 1. The van der Waals surface area contributed by atoms with E-state index >= 15 is 0 Å². The molecule has 0 saturated heterocycles. The molecular weight excluding hydrogens is 512 g/mol. The van der Waals surface area contributed by atoms with E-state index in [4.69, 9.17) is 16.7 Å². The van der Waals surface area contributed by atoms with Gasteiger partial charge < -0.3 is 21.1 Å². The summed E-state index contributed by atoms with van der Waals surface area (Å²) in [6, 6.07) is 11.8. The van der Waals surface area contributed by atoms with E-state index in [1.165, 1.54) is 11.3 Å². The van der Waals surface area contributed by atoms with Gasteiger partial charge in [-0.1, -0.05) is 49.7 Å². The molecular formula is C27H31ClN4O4S. The molecule has 0 fully saturated rings. The van der Waals surface area contributed by atoms with E-state index in [2.05, 4.69) is 34.8 Å². The first-order chi connectivity index (χ1) is 17.6. The van der Waals surface area contributed by atoms with Gasteiger partial charge in [-0.05, 0) is 55.0 Å². The lowest BCUT2D eigenvalue weighted by molar-refractivity contribution is -0.137. The maximum absolute atomic E-state index is 12.8. The molecule has 0 bridgehead atoms. The number of rotatable bonds is 11. The van der Waals surface area contributed by atoms with Crippen molar-refractivity contribution >= 4 is 52.2 Å². The predicted octanol–water partition coefficient (Wildman–Crippen LogP) is 6.21. The summed E-state index contributed by atoms with van der Waals surface area (Å²) in [5, 5.41) is 18.8. The van der Waals surface area contributed by atoms with Crippen LogP contribution >= 0.6 is 22.9 Å². The van der Waals surface area contributed by atoms with Gasteiger partial charge >= 0.3 is 12.0 Å². The average molecular weight is 543 g/mol. The van der Waals surface area contributed by atoms with E-state index in [1.807, 2.05) is 19.1 Å². The molecule has 3 amide bonds. The molecule has 0 aliphatic heterocycles. The molecule has 0 saturated carbocycles. The second-order valence-corrected chi connectivity index (χ2v) is 10.7. The molecule has 0 spiro atoms. The maximum atomic E-state index is 12.8. The molecule has 0 aliphatic carbocycles. The fourth-order valence-corrected chi connectivity index (χ4v) is 4.98. The molecule has 1 heterocycles. The van der Waals surface area contributed by atoms with Crippen LogP contribution in [0.15, 0.2) is 48.7 Å². The fourth-order valence-electron chi connectivity index (χ4n) is 3.73. The van der Waals surface area contributed by atoms with Crippen molar-refractivity contribution in [2.24, 2.45) is 5.92 Å². The van der Waals surface area contributed by atoms with Crippen LogP contribution in [0.25, 0.3) is 0 Å². The van der Waals surface area contributed by atoms with Crippen molar-refractivity contribution in [3.05, 3.63) is 74.7 Å². The number of amides is 3. The van der Waals surface area contributed by atoms with Crippen molar-refractivity contribution in [1.82, 2.24) is 10.3 Å². The minimum absolute atomic E-state index is 0.0506. The molecule has 4 N–H and O–H groups in total. The monoisotopic (exact) mass is 542 g/mol. The number of benzene rings is 2. The molecule has 8 nitrogen and oxygen atoms in total. The zero-order chi connectivity index (χ0) is 26.9. The minimum Gasteiger partial charge on any atom is -0.481 e. The normalized spacial score (nSPS) is 11.7. The summed E-state index contributed by atoms with van der Waals surface area (Å²) in [6.45, 7) is 6.01. The Morgan fingerprint density at radius 2 is 1.81 bits per heavy atom. The average Bonchev–Trinajstić information content (AvgIpc) is 3.30. The Morgan fingerprint density at radius 1 is 1.08 bits per heavy atom. The number of carboxylic acid groups (broad SMARTS) is 1. The van der Waals surface area contributed by atoms with E-state index < -0.39 is 12.0 Å². The smallest absolute Gasteiger partial charge is 0.323 e. The van der Waals surface area contributed by atoms with Gasteiger partial charge in [-0.3, -0.25) is 9.59 Å². The van der Waals surface area contributed by atoms with Crippen LogP contribution in [0.4, 0.5) is 16.2 Å². The summed E-state index contributed by atoms with van der Waals surface area (Å²) < 4.78 is 0. The third kappa shape index (κ3) is 8.87. The SMILES string of the molecule is Cc1cccc(Cl)c1NC(=O)Nc1ccc(CC(=O)NC(CC(C)C)c2ncc(CCC(=O)O)s2)cc1. The van der Waals surface area contributed by atoms with Gasteiger partial charge in [0, 0.05) is 16.8 Å². The van der Waals surface area contributed by atoms with E-state index in [1.54, 1.807) is 36.5 Å². The topological polar surface area (TPSA) is 120 Å². The lowest BCUT2D eigenvalue weighted by Crippen LogP contribution is -2.30. The third-order valence-electron chi connectivity index (χ3n) is 5.53. The molecule has 2 aromatic carbocycles. The lowest BCUT2D eigenvalue weighted by atomic mass is 10.0. The van der Waals surface area contributed by atoms with Gasteiger partial charge in [0.25, 0.3) is 0 Å². The van der Waals surface area contributed by atoms with Crippen LogP contribution in [-0.2, 0) is 22.4 Å². The second kappa shape index (κ2) is 13.2. The molecule has 1 unspecified atom stereocenters. The number of carbonyl (C=O) groups is 3. The Labute approximate surface area is 225 Å². The van der Waals surface area contributed by atoms with Crippen LogP contribution in [0.1, 0.15) is 53.7 Å². The molecule has 0 aliphatic rings. The van der Waals surface area contributed by atoms with Crippen molar-refractivity contribution in [3.63, 3.8) is 0 Å². The minimum atomic E-state index is -0.848. The van der Waals surface area contributed by atoms with Gasteiger partial charge in [-0.2, -0.15) is 0 Å². The molecule has 3 aromatic rings. The Kier molecular flexibility index (Phi) is 10.0. The van der Waals surface area contributed by atoms with E-state index in [0.29, 0.717) is 28.7 Å². The fraction of sp³-hybridized carbons (Fsp3) is 0.333. The quantitative estimate of drug-likeness (QED) is 0.229. The molecule has 10 heteroatoms. The lowest BCUT2D eigenvalue weighted by Gasteiger charge is -2.18. The van der Waals surface area contributed by atoms with Gasteiger partial charge in [-0.15, -0.1) is 11.3 Å². The number of aromatic nitrogens is 1. The maximum Gasteiger partial charge on any atom is 0.323 e. The number of anilines is 2. The first kappa shape index (κ1) is 28.1. The van der Waals surface area contributed by atoms with Crippen molar-refractivity contribution in [1.29, 1.82) is 0 Å². The molecule has 37 heavy (non-hydrogen) atoms. The number of para-hydroxylation sites is 1. The van der Waals surface area contributed by atoms with Crippen molar-refractivity contribution in [2.75, 3.05) is 10.6 Å². The summed E-state index contributed by atoms with van der Waals surface area (Å²) in [7, 11) is 0. The van der Waals surface area contributed by atoms with Crippen LogP contribution in [0, 0.1) is 12.8 Å². The number of carboxylic acids is 1. The number of nitrogens with one attached hydrogen (secondary N) is 3. The second-order valence-electron chi connectivity index (χ2n) is 9.19. The van der Waals surface area contributed by atoms with Gasteiger partial charge in [0.15, 0.2) is 0 Å². The van der Waals surface area contributed by atoms with Crippen LogP contribution in [0.2, 0.25) is 5.02 Å². The Hall–Kier alpha value is -3.43. The summed E-state index contributed by atoms with van der Waals surface area (Å²) in [4.78, 5) is 41.4. The van der Waals surface area contributed by atoms with Gasteiger partial charge in [0.1, 0.15) is 5.01 Å². The van der Waals surface area contributed by atoms with Crippen LogP contribution in [0.3, 0.4) is 0 Å². The van der Waals surface area contributed by atoms with E-state index in [-0.39, 0.29) is 24.8 Å². The van der Waals surface area contributed by atoms with E-state index in [0.717, 1.165) is 27.4 Å². The first-order valence-electron chi connectivity index (χ1n) is 12.0. The highest BCUT2D eigenvalue weighted by molar-refractivity contribution is 7.11. The first-order valence-corrected chi connectivity index (χ1v) is 13.2. The van der Waals surface area contributed by atoms with E-state index in [9.17, 15) is 14.4 Å². The number of carbonyl (C=O) groups excluding carboxylic acids is 2. The summed E-state index contributed by atoms with van der Waals surface area (Å²) in [5.74, 6) is -0.650. The number of hydrogen-bond donors (Lipinski definition) is 4. The van der Waals surface area contributed by atoms with Gasteiger partial charge in [-0.25, -0.2) is 9.78 Å². The largest absolute Gasteiger partial charge is 0.481 e. The number of nitrogens with zero attached hydrogens (tertiary/aromatic N) is 1. The number of urea groups is 1. The van der Waals surface area contributed by atoms with Gasteiger partial charge in [0.2, 0.25) is 5.91 Å². The van der Waals surface area contributed by atoms with Crippen LogP contribution in [-0.4, -0.2) is 28.0 Å². The highest BCUT2D eigenvalue weighted by Crippen LogP contribution is 2.27. The zero-order valence-electron chi connectivity index (χ0n) is 21.0. The van der Waals surface area contributed by atoms with Crippen molar-refractivity contribution in [3.8, 4) is 0 Å². The summed E-state index contributed by atoms with van der Waals surface area (Å²) in [5.41, 5.74) is 2.80. The predicted molar refractivity (Wildman–Crippen MR) is 147 cm³/mol. The Morgan fingerprint density at radius 3 is 2.46 bits per heavy atom. The summed E-state index contributed by atoms with van der Waals surface area (Å²) in [6.07, 6.45) is 3.07. The highest BCUT2D eigenvalue weighted by atomic mass is 35.5. The molecule has 3 rings (SSSR count).